The Kier molecular flexibility index (Phi) is 16.2. The number of aromatic nitrogens is 14. The van der Waals surface area contributed by atoms with Gasteiger partial charge in [-0.1, -0.05) is 0 Å². The molecule has 13 rings (SSSR count). The number of fused-ring (bicyclic) bond motifs is 3. The van der Waals surface area contributed by atoms with Crippen LogP contribution in [0.2, 0.25) is 0 Å². The molecule has 4 aliphatic rings. The van der Waals surface area contributed by atoms with Gasteiger partial charge in [-0.2, -0.15) is 25.5 Å². The Morgan fingerprint density at radius 3 is 1.30 bits per heavy atom. The molecule has 6 atom stereocenters. The van der Waals surface area contributed by atoms with Gasteiger partial charge in [-0.15, -0.1) is 0 Å². The van der Waals surface area contributed by atoms with Crippen molar-refractivity contribution in [1.29, 1.82) is 0 Å². The fourth-order valence-electron chi connectivity index (χ4n) is 11.6. The van der Waals surface area contributed by atoms with Crippen LogP contribution in [0.1, 0.15) is 117 Å². The number of Topliss-reactive ketones (excluding diaryl/α,β-unsaturated/α-hetero) is 3. The predicted octanol–water partition coefficient (Wildman–Crippen LogP) is 9.98. The first-order valence-electron chi connectivity index (χ1n) is 28.8. The second-order valence-electron chi connectivity index (χ2n) is 23.2. The maximum atomic E-state index is 11.7. The second kappa shape index (κ2) is 23.8. The highest BCUT2D eigenvalue weighted by Crippen LogP contribution is 2.37. The average Bonchev–Trinajstić information content (AvgIpc) is 4.49. The Labute approximate surface area is 476 Å². The Bertz CT molecular complexity index is 3760. The summed E-state index contributed by atoms with van der Waals surface area (Å²) in [6.45, 7) is 11.8. The van der Waals surface area contributed by atoms with Crippen LogP contribution in [-0.2, 0) is 47.3 Å². The third kappa shape index (κ3) is 12.5. The summed E-state index contributed by atoms with van der Waals surface area (Å²) in [4.78, 5) is 49.3. The summed E-state index contributed by atoms with van der Waals surface area (Å²) in [5.74, 6) is 3.47. The first kappa shape index (κ1) is 55.8. The van der Waals surface area contributed by atoms with Crippen LogP contribution in [0.3, 0.4) is 0 Å². The number of ether oxygens (including phenoxy) is 4. The van der Waals surface area contributed by atoms with E-state index in [4.69, 9.17) is 33.9 Å². The zero-order chi connectivity index (χ0) is 57.3. The molecule has 430 valence electrons. The van der Waals surface area contributed by atoms with E-state index in [-0.39, 0.29) is 42.1 Å². The van der Waals surface area contributed by atoms with Gasteiger partial charge in [0, 0.05) is 164 Å². The van der Waals surface area contributed by atoms with Gasteiger partial charge in [0.1, 0.15) is 35.7 Å². The zero-order valence-electron chi connectivity index (χ0n) is 48.4. The Morgan fingerprint density at radius 1 is 0.512 bits per heavy atom. The summed E-state index contributed by atoms with van der Waals surface area (Å²) in [5.41, 5.74) is 7.88. The first-order chi connectivity index (χ1) is 39.5. The van der Waals surface area contributed by atoms with Gasteiger partial charge in [-0.05, 0) is 91.0 Å². The molecular weight excluding hydrogens is 1040 g/mol. The normalized spacial score (nSPS) is 19.7. The summed E-state index contributed by atoms with van der Waals surface area (Å²) in [6, 6.07) is 8.61. The number of pyridine rings is 3. The summed E-state index contributed by atoms with van der Waals surface area (Å²) in [6.07, 6.45) is 25.7. The average molecular weight is 1120 g/mol. The van der Waals surface area contributed by atoms with E-state index in [0.29, 0.717) is 79.6 Å². The highest BCUT2D eigenvalue weighted by molar-refractivity contribution is 5.89. The van der Waals surface area contributed by atoms with E-state index in [1.807, 2.05) is 137 Å². The lowest BCUT2D eigenvalue weighted by Crippen LogP contribution is -2.22. The van der Waals surface area contributed by atoms with Gasteiger partial charge >= 0.3 is 0 Å². The minimum atomic E-state index is -0.0763. The van der Waals surface area contributed by atoms with E-state index in [1.54, 1.807) is 14.0 Å². The molecule has 1 saturated heterocycles. The van der Waals surface area contributed by atoms with Crippen LogP contribution in [0, 0.1) is 17.8 Å². The second-order valence-corrected chi connectivity index (χ2v) is 23.2. The number of aryl methyl sites for hydroxylation is 4. The minimum absolute atomic E-state index is 0.0478. The third-order valence-corrected chi connectivity index (χ3v) is 16.5. The highest BCUT2D eigenvalue weighted by Gasteiger charge is 2.32. The molecular formula is C61H74N14O7. The topological polar surface area (TPSA) is 221 Å². The van der Waals surface area contributed by atoms with Crippen LogP contribution in [0.15, 0.2) is 80.0 Å². The van der Waals surface area contributed by atoms with Crippen LogP contribution in [0.4, 0.5) is 0 Å². The van der Waals surface area contributed by atoms with Crippen LogP contribution in [-0.4, -0.2) is 117 Å². The van der Waals surface area contributed by atoms with E-state index in [0.717, 1.165) is 112 Å². The van der Waals surface area contributed by atoms with Crippen molar-refractivity contribution in [3.8, 4) is 51.4 Å². The molecule has 9 aromatic rings. The molecule has 3 aliphatic carbocycles. The van der Waals surface area contributed by atoms with E-state index in [2.05, 4.69) is 45.5 Å². The quantitative estimate of drug-likeness (QED) is 0.0988. The van der Waals surface area contributed by atoms with Crippen LogP contribution >= 0.6 is 0 Å². The molecule has 1 aliphatic heterocycles. The first-order valence-corrected chi connectivity index (χ1v) is 28.8. The number of carbonyl (C=O) groups excluding carboxylic acids is 3. The van der Waals surface area contributed by atoms with E-state index in [9.17, 15) is 14.4 Å². The van der Waals surface area contributed by atoms with Gasteiger partial charge in [0.2, 0.25) is 17.6 Å². The van der Waals surface area contributed by atoms with Crippen LogP contribution in [0.25, 0.3) is 66.5 Å². The van der Waals surface area contributed by atoms with Crippen molar-refractivity contribution in [3.05, 3.63) is 80.0 Å². The molecule has 10 heterocycles. The molecule has 9 aromatic heterocycles. The maximum absolute atomic E-state index is 11.7. The van der Waals surface area contributed by atoms with Crippen LogP contribution < -0.4 is 14.2 Å². The van der Waals surface area contributed by atoms with Gasteiger partial charge in [-0.3, -0.25) is 37.8 Å². The van der Waals surface area contributed by atoms with Gasteiger partial charge in [0.25, 0.3) is 0 Å². The van der Waals surface area contributed by atoms with Gasteiger partial charge < -0.3 is 23.5 Å². The third-order valence-electron chi connectivity index (χ3n) is 16.5. The van der Waals surface area contributed by atoms with Crippen molar-refractivity contribution in [2.24, 2.45) is 45.9 Å². The lowest BCUT2D eigenvalue weighted by atomic mass is 10.0. The summed E-state index contributed by atoms with van der Waals surface area (Å²) in [7, 11) is 7.66. The highest BCUT2D eigenvalue weighted by atomic mass is 16.5. The lowest BCUT2D eigenvalue weighted by molar-refractivity contribution is -0.118. The number of rotatable bonds is 14. The fraction of sp³-hybridized carbons (Fsp3) is 0.492. The SMILES string of the molecule is CC(C)n1cc(-c2cc3nn(C)cc3c(O[C@H](C)[C@H]3CCC(=O)C3)n2)cn1.C[C@@H](Oc1nc(-c2ccn(C)c2)cc2nn(C)cc12)[C@H]1CCC(=O)C1.C[C@@H](Oc1nc(-c2cnn(C3CCOCC3)c2)cc2nn(C)cc12)[C@H]1CCC(=O)C1. The minimum Gasteiger partial charge on any atom is -0.474 e. The standard InChI is InChI=1S/C22H27N5O3.C20H25N5O2.C19H22N4O2/c1-14(15-3-4-18(28)9-15)30-22-19-13-26(2)25-21(19)10-20(24-22)16-11-23-27(12-16)17-5-7-29-8-6-17;1-12(2)25-10-15(9-21-25)18-8-19-17(11-24(4)23-19)20(22-18)27-13(3)14-5-6-16(26)7-14;1-12(13-4-5-15(24)8-13)25-19-16-11-23(3)21-18(16)9-17(20-19)14-6-7-22(2)10-14/h10-15,17H,3-9H2,1-2H3;8-14H,5-7H2,1-4H3;6-7,9-13H,4-5,8H2,1-3H3/t14-,15+;13-,14+;12-,13+/m111/s1. The molecule has 21 heteroatoms. The number of hydrogen-bond donors (Lipinski definition) is 0. The van der Waals surface area contributed by atoms with Gasteiger partial charge in [0.15, 0.2) is 0 Å². The van der Waals surface area contributed by atoms with Crippen molar-refractivity contribution in [3.63, 3.8) is 0 Å². The lowest BCUT2D eigenvalue weighted by Gasteiger charge is -2.22. The Morgan fingerprint density at radius 2 is 0.927 bits per heavy atom. The number of ketones is 3. The van der Waals surface area contributed by atoms with E-state index in [1.165, 1.54) is 0 Å². The Balaban J connectivity index is 0.000000130. The van der Waals surface area contributed by atoms with E-state index >= 15 is 0 Å². The fourth-order valence-corrected chi connectivity index (χ4v) is 11.6. The summed E-state index contributed by atoms with van der Waals surface area (Å²) >= 11 is 0. The number of carbonyl (C=O) groups is 3. The van der Waals surface area contributed by atoms with E-state index < -0.39 is 0 Å². The van der Waals surface area contributed by atoms with Crippen molar-refractivity contribution < 1.29 is 33.3 Å². The van der Waals surface area contributed by atoms with Crippen molar-refractivity contribution in [1.82, 2.24) is 68.4 Å². The largest absolute Gasteiger partial charge is 0.474 e. The van der Waals surface area contributed by atoms with Crippen molar-refractivity contribution in [2.75, 3.05) is 13.2 Å². The molecule has 0 spiro atoms. The number of hydrogen-bond acceptors (Lipinski definition) is 15. The summed E-state index contributed by atoms with van der Waals surface area (Å²) in [5, 5.41) is 25.3. The maximum Gasteiger partial charge on any atom is 0.225 e. The van der Waals surface area contributed by atoms with Gasteiger partial charge in [0.05, 0.1) is 68.2 Å². The molecule has 3 saturated carbocycles. The summed E-state index contributed by atoms with van der Waals surface area (Å²) < 4.78 is 35.5. The molecule has 0 aromatic carbocycles. The number of nitrogens with zero attached hydrogens (tertiary/aromatic N) is 14. The molecule has 82 heavy (non-hydrogen) atoms. The molecule has 0 unspecified atom stereocenters. The molecule has 0 radical (unpaired) electrons. The molecule has 0 bridgehead atoms. The zero-order valence-corrected chi connectivity index (χ0v) is 48.4. The van der Waals surface area contributed by atoms with Crippen LogP contribution in [0.5, 0.6) is 17.6 Å². The molecule has 0 amide bonds. The van der Waals surface area contributed by atoms with Gasteiger partial charge in [-0.25, -0.2) is 15.0 Å². The smallest absolute Gasteiger partial charge is 0.225 e. The Hall–Kier alpha value is -8.07. The predicted molar refractivity (Wildman–Crippen MR) is 309 cm³/mol. The molecule has 0 N–H and O–H groups in total. The van der Waals surface area contributed by atoms with Crippen molar-refractivity contribution in [2.45, 2.75) is 136 Å². The molecule has 21 nitrogen and oxygen atoms in total. The molecule has 4 fully saturated rings. The monoisotopic (exact) mass is 1110 g/mol. The van der Waals surface area contributed by atoms with Crippen molar-refractivity contribution >= 4 is 50.1 Å².